The van der Waals surface area contributed by atoms with Crippen molar-refractivity contribution in [1.82, 2.24) is 20.2 Å². The first-order chi connectivity index (χ1) is 14.5. The number of nitrogens with zero attached hydrogens (tertiary/aromatic N) is 5. The molecule has 0 spiro atoms. The summed E-state index contributed by atoms with van der Waals surface area (Å²) in [5.74, 6) is 1.00. The lowest BCUT2D eigenvalue weighted by molar-refractivity contribution is 0.290. The molecule has 0 atom stereocenters. The molecule has 0 saturated carbocycles. The summed E-state index contributed by atoms with van der Waals surface area (Å²) in [6.45, 7) is 6.42. The van der Waals surface area contributed by atoms with Crippen molar-refractivity contribution >= 4 is 33.1 Å². The molecule has 0 aliphatic rings. The number of nitrogens with one attached hydrogen (secondary N) is 1. The smallest absolute Gasteiger partial charge is 0.241 e. The van der Waals surface area contributed by atoms with Gasteiger partial charge in [-0.25, -0.2) is 4.98 Å². The summed E-state index contributed by atoms with van der Waals surface area (Å²) in [6, 6.07) is 15.7. The predicted molar refractivity (Wildman–Crippen MR) is 117 cm³/mol. The highest BCUT2D eigenvalue weighted by Gasteiger charge is 2.24. The van der Waals surface area contributed by atoms with Crippen LogP contribution in [-0.4, -0.2) is 20.2 Å². The first-order valence-corrected chi connectivity index (χ1v) is 10.2. The quantitative estimate of drug-likeness (QED) is 0.490. The van der Waals surface area contributed by atoms with Crippen molar-refractivity contribution in [3.63, 3.8) is 0 Å². The lowest BCUT2D eigenvalue weighted by atomic mass is 9.91. The van der Waals surface area contributed by atoms with Gasteiger partial charge < -0.3 is 10.1 Å². The largest absolute Gasteiger partial charge is 0.470 e. The van der Waals surface area contributed by atoms with Gasteiger partial charge in [-0.1, -0.05) is 56.4 Å². The van der Waals surface area contributed by atoms with Crippen LogP contribution in [0.25, 0.3) is 10.8 Å². The molecule has 0 bridgehead atoms. The maximum Gasteiger partial charge on any atom is 0.241 e. The molecule has 0 aliphatic carbocycles. The third-order valence-corrected chi connectivity index (χ3v) is 5.28. The maximum absolute atomic E-state index is 9.47. The highest BCUT2D eigenvalue weighted by atomic mass is 32.1. The van der Waals surface area contributed by atoms with Gasteiger partial charge in [0.1, 0.15) is 17.6 Å². The zero-order chi connectivity index (χ0) is 21.1. The minimum Gasteiger partial charge on any atom is -0.470 e. The minimum absolute atomic E-state index is 0.224. The average molecular weight is 417 g/mol. The van der Waals surface area contributed by atoms with E-state index < -0.39 is 0 Å². The summed E-state index contributed by atoms with van der Waals surface area (Å²) in [4.78, 5) is 9.49. The van der Waals surface area contributed by atoms with Crippen LogP contribution < -0.4 is 10.1 Å². The van der Waals surface area contributed by atoms with Crippen LogP contribution in [0.15, 0.2) is 48.7 Å². The van der Waals surface area contributed by atoms with E-state index in [0.29, 0.717) is 28.3 Å². The average Bonchev–Trinajstić information content (AvgIpc) is 3.17. The Labute approximate surface area is 178 Å². The molecule has 3 heterocycles. The Kier molecular flexibility index (Phi) is 5.29. The van der Waals surface area contributed by atoms with E-state index in [9.17, 15) is 5.26 Å². The zero-order valence-corrected chi connectivity index (χ0v) is 17.7. The maximum atomic E-state index is 9.47. The summed E-state index contributed by atoms with van der Waals surface area (Å²) in [6.07, 6.45) is 1.73. The summed E-state index contributed by atoms with van der Waals surface area (Å²) in [5, 5.41) is 23.6. The lowest BCUT2D eigenvalue weighted by Crippen LogP contribution is -2.13. The first kappa shape index (κ1) is 19.7. The van der Waals surface area contributed by atoms with E-state index in [-0.39, 0.29) is 5.41 Å². The number of anilines is 2. The monoisotopic (exact) mass is 416 g/mol. The molecule has 4 aromatic rings. The second-order valence-electron chi connectivity index (χ2n) is 7.69. The number of hydrogen-bond acceptors (Lipinski definition) is 8. The van der Waals surface area contributed by atoms with E-state index in [4.69, 9.17) is 4.74 Å². The Morgan fingerprint density at radius 3 is 2.50 bits per heavy atom. The lowest BCUT2D eigenvalue weighted by Gasteiger charge is -2.15. The number of fused-ring (bicyclic) bond motifs is 1. The Morgan fingerprint density at radius 2 is 1.83 bits per heavy atom. The van der Waals surface area contributed by atoms with Crippen molar-refractivity contribution in [2.75, 3.05) is 5.32 Å². The van der Waals surface area contributed by atoms with Gasteiger partial charge in [0, 0.05) is 22.4 Å². The topological polar surface area (TPSA) is 96.6 Å². The Morgan fingerprint density at radius 1 is 1.07 bits per heavy atom. The van der Waals surface area contributed by atoms with Crippen molar-refractivity contribution < 1.29 is 4.74 Å². The van der Waals surface area contributed by atoms with Crippen LogP contribution in [0.3, 0.4) is 0 Å². The summed E-state index contributed by atoms with van der Waals surface area (Å²) in [5.41, 5.74) is 1.36. The molecule has 8 heteroatoms. The molecule has 0 amide bonds. The molecular weight excluding hydrogens is 396 g/mol. The number of benzene rings is 1. The van der Waals surface area contributed by atoms with Crippen LogP contribution in [-0.2, 0) is 12.0 Å². The molecule has 0 saturated heterocycles. The number of hydrogen-bond donors (Lipinski definition) is 1. The van der Waals surface area contributed by atoms with Crippen LogP contribution in [0.5, 0.6) is 5.88 Å². The molecule has 4 rings (SSSR count). The molecular formula is C22H20N6OS. The molecule has 0 fully saturated rings. The molecule has 0 aliphatic heterocycles. The predicted octanol–water partition coefficient (Wildman–Crippen LogP) is 4.97. The molecule has 0 unspecified atom stereocenters. The van der Waals surface area contributed by atoms with Crippen LogP contribution in [0.2, 0.25) is 0 Å². The normalized spacial score (nSPS) is 11.3. The molecule has 0 radical (unpaired) electrons. The van der Waals surface area contributed by atoms with Crippen molar-refractivity contribution in [3.05, 3.63) is 64.9 Å². The molecule has 150 valence electrons. The van der Waals surface area contributed by atoms with Crippen molar-refractivity contribution in [2.45, 2.75) is 32.8 Å². The highest BCUT2D eigenvalue weighted by molar-refractivity contribution is 7.16. The van der Waals surface area contributed by atoms with E-state index >= 15 is 0 Å². The summed E-state index contributed by atoms with van der Waals surface area (Å²) in [7, 11) is 0. The van der Waals surface area contributed by atoms with E-state index in [2.05, 4.69) is 31.6 Å². The zero-order valence-electron chi connectivity index (χ0n) is 16.9. The van der Waals surface area contributed by atoms with Gasteiger partial charge in [0.2, 0.25) is 5.88 Å². The van der Waals surface area contributed by atoms with E-state index in [1.807, 2.05) is 63.2 Å². The fourth-order valence-electron chi connectivity index (χ4n) is 2.96. The van der Waals surface area contributed by atoms with Gasteiger partial charge in [-0.05, 0) is 18.2 Å². The van der Waals surface area contributed by atoms with E-state index in [1.54, 1.807) is 6.20 Å². The fourth-order valence-corrected chi connectivity index (χ4v) is 3.94. The number of ether oxygens (including phenoxy) is 1. The number of nitriles is 1. The van der Waals surface area contributed by atoms with Gasteiger partial charge in [-0.15, -0.1) is 10.2 Å². The highest BCUT2D eigenvalue weighted by Crippen LogP contribution is 2.35. The number of aromatic nitrogens is 4. The molecule has 1 aromatic carbocycles. The number of rotatable bonds is 5. The molecule has 7 nitrogen and oxygen atoms in total. The van der Waals surface area contributed by atoms with Crippen LogP contribution >= 0.6 is 11.3 Å². The van der Waals surface area contributed by atoms with Gasteiger partial charge in [0.15, 0.2) is 10.9 Å². The molecule has 1 N–H and O–H groups in total. The van der Waals surface area contributed by atoms with Crippen LogP contribution in [0.1, 0.15) is 37.0 Å². The van der Waals surface area contributed by atoms with Gasteiger partial charge in [0.05, 0.1) is 11.4 Å². The number of thiazole rings is 1. The molecule has 3 aromatic heterocycles. The molecule has 30 heavy (non-hydrogen) atoms. The van der Waals surface area contributed by atoms with Crippen molar-refractivity contribution in [1.29, 1.82) is 5.26 Å². The second kappa shape index (κ2) is 8.05. The Balaban J connectivity index is 1.65. The van der Waals surface area contributed by atoms with Gasteiger partial charge >= 0.3 is 0 Å². The number of pyridine rings is 1. The first-order valence-electron chi connectivity index (χ1n) is 9.42. The van der Waals surface area contributed by atoms with E-state index in [1.165, 1.54) is 11.3 Å². The van der Waals surface area contributed by atoms with Crippen molar-refractivity contribution in [3.8, 4) is 11.9 Å². The van der Waals surface area contributed by atoms with Gasteiger partial charge in [0.25, 0.3) is 0 Å². The second-order valence-corrected chi connectivity index (χ2v) is 8.69. The minimum atomic E-state index is -0.224. The SMILES string of the molecule is CC(C)(C)c1nc(Nc2nnc(OCc3ccccn3)c3ccccc23)sc1C#N. The third-order valence-electron chi connectivity index (χ3n) is 4.40. The standard InChI is InChI=1S/C22H20N6OS/c1-22(2,3)18-17(12-23)30-21(25-18)26-19-15-9-4-5-10-16(15)20(28-27-19)29-13-14-8-6-7-11-24-14/h4-11H,13H2,1-3H3,(H,25,26,27). The Hall–Kier alpha value is -3.57. The van der Waals surface area contributed by atoms with E-state index in [0.717, 1.165) is 22.2 Å². The summed E-state index contributed by atoms with van der Waals surface area (Å²) >= 11 is 1.31. The van der Waals surface area contributed by atoms with Crippen LogP contribution in [0, 0.1) is 11.3 Å². The van der Waals surface area contributed by atoms with Gasteiger partial charge in [-0.3, -0.25) is 4.98 Å². The van der Waals surface area contributed by atoms with Crippen molar-refractivity contribution in [2.24, 2.45) is 0 Å². The Bertz CT molecular complexity index is 1220. The summed E-state index contributed by atoms with van der Waals surface area (Å²) < 4.78 is 5.88. The fraction of sp³-hybridized carbons (Fsp3) is 0.227. The van der Waals surface area contributed by atoms with Gasteiger partial charge in [-0.2, -0.15) is 5.26 Å². The van der Waals surface area contributed by atoms with Crippen LogP contribution in [0.4, 0.5) is 10.9 Å². The third kappa shape index (κ3) is 4.07.